The number of benzene rings is 2. The van der Waals surface area contributed by atoms with Gasteiger partial charge in [-0.25, -0.2) is 4.98 Å². The SMILES string of the molecule is COCCc1ccc(Cn2c(=O)c(C#CC3CCN(SC)CC3)cc3cnc(Nc4ccc(C5CCCN(C)C5)cc4)nc32)cc1. The number of hydrogen-bond acceptors (Lipinski definition) is 8. The first kappa shape index (κ1) is 32.3. The van der Waals surface area contributed by atoms with Crippen LogP contribution in [0.4, 0.5) is 11.6 Å². The van der Waals surface area contributed by atoms with E-state index in [1.165, 1.54) is 30.5 Å². The minimum atomic E-state index is -0.128. The van der Waals surface area contributed by atoms with Crippen molar-refractivity contribution < 1.29 is 4.74 Å². The summed E-state index contributed by atoms with van der Waals surface area (Å²) < 4.78 is 9.35. The summed E-state index contributed by atoms with van der Waals surface area (Å²) in [6.45, 7) is 5.38. The summed E-state index contributed by atoms with van der Waals surface area (Å²) in [4.78, 5) is 25.9. The standard InChI is InChI=1S/C37H44N6O2S/c1-41-19-4-5-32(26-41)30-12-14-34(15-13-30)39-37-38-24-33-23-31(11-10-28-16-20-42(46-3)21-17-28)36(44)43(35(33)40-37)25-29-8-6-27(7-9-29)18-22-45-2/h6-9,12-15,23-24,28,32H,4-5,16-22,25-26H2,1-3H3,(H,38,39,40). The van der Waals surface area contributed by atoms with Gasteiger partial charge >= 0.3 is 0 Å². The van der Waals surface area contributed by atoms with E-state index in [9.17, 15) is 4.79 Å². The number of hydrogen-bond donors (Lipinski definition) is 1. The lowest BCUT2D eigenvalue weighted by molar-refractivity contribution is 0.202. The largest absolute Gasteiger partial charge is 0.384 e. The number of fused-ring (bicyclic) bond motifs is 1. The average Bonchev–Trinajstić information content (AvgIpc) is 3.09. The van der Waals surface area contributed by atoms with E-state index in [-0.39, 0.29) is 5.56 Å². The summed E-state index contributed by atoms with van der Waals surface area (Å²) in [6, 6.07) is 18.8. The summed E-state index contributed by atoms with van der Waals surface area (Å²) in [5.41, 5.74) is 5.46. The number of anilines is 2. The van der Waals surface area contributed by atoms with Crippen LogP contribution < -0.4 is 10.9 Å². The first-order valence-electron chi connectivity index (χ1n) is 16.3. The molecule has 8 nitrogen and oxygen atoms in total. The fraction of sp³-hybridized carbons (Fsp3) is 0.432. The second-order valence-electron chi connectivity index (χ2n) is 12.5. The Hall–Kier alpha value is -3.68. The van der Waals surface area contributed by atoms with E-state index in [1.54, 1.807) is 29.8 Å². The third kappa shape index (κ3) is 7.99. The van der Waals surface area contributed by atoms with Gasteiger partial charge in [0.05, 0.1) is 18.7 Å². The van der Waals surface area contributed by atoms with Gasteiger partial charge in [-0.05, 0) is 92.8 Å². The van der Waals surface area contributed by atoms with Crippen molar-refractivity contribution in [2.75, 3.05) is 58.5 Å². The van der Waals surface area contributed by atoms with Gasteiger partial charge in [-0.1, -0.05) is 60.2 Å². The Balaban J connectivity index is 1.29. The highest BCUT2D eigenvalue weighted by Crippen LogP contribution is 2.28. The van der Waals surface area contributed by atoms with Crippen molar-refractivity contribution in [2.45, 2.75) is 44.6 Å². The van der Waals surface area contributed by atoms with Crippen molar-refractivity contribution in [1.82, 2.24) is 23.7 Å². The molecular weight excluding hydrogens is 593 g/mol. The molecule has 46 heavy (non-hydrogen) atoms. The van der Waals surface area contributed by atoms with Crippen LogP contribution in [0.15, 0.2) is 65.6 Å². The first-order valence-corrected chi connectivity index (χ1v) is 17.5. The van der Waals surface area contributed by atoms with Crippen LogP contribution in [0.5, 0.6) is 0 Å². The van der Waals surface area contributed by atoms with Crippen LogP contribution in [0.25, 0.3) is 11.0 Å². The van der Waals surface area contributed by atoms with Crippen LogP contribution in [0.3, 0.4) is 0 Å². The Morgan fingerprint density at radius 1 is 1.02 bits per heavy atom. The Morgan fingerprint density at radius 3 is 2.50 bits per heavy atom. The van der Waals surface area contributed by atoms with Crippen LogP contribution in [0.2, 0.25) is 0 Å². The van der Waals surface area contributed by atoms with Gasteiger partial charge in [0.25, 0.3) is 5.56 Å². The third-order valence-corrected chi connectivity index (χ3v) is 10.1. The maximum atomic E-state index is 14.0. The molecule has 2 aromatic carbocycles. The van der Waals surface area contributed by atoms with Gasteiger partial charge in [-0.2, -0.15) is 4.98 Å². The van der Waals surface area contributed by atoms with Crippen LogP contribution in [-0.4, -0.2) is 76.9 Å². The predicted molar refractivity (Wildman–Crippen MR) is 189 cm³/mol. The zero-order chi connectivity index (χ0) is 31.9. The lowest BCUT2D eigenvalue weighted by Gasteiger charge is -2.30. The fourth-order valence-electron chi connectivity index (χ4n) is 6.44. The molecule has 0 spiro atoms. The molecule has 0 bridgehead atoms. The molecule has 2 saturated heterocycles. The Labute approximate surface area is 276 Å². The van der Waals surface area contributed by atoms with Gasteiger partial charge in [-0.15, -0.1) is 0 Å². The Morgan fingerprint density at radius 2 is 1.78 bits per heavy atom. The maximum absolute atomic E-state index is 14.0. The molecule has 2 aliphatic rings. The molecule has 9 heteroatoms. The van der Waals surface area contributed by atoms with Crippen LogP contribution >= 0.6 is 11.9 Å². The van der Waals surface area contributed by atoms with Crippen molar-refractivity contribution in [1.29, 1.82) is 0 Å². The molecule has 1 N–H and O–H groups in total. The van der Waals surface area contributed by atoms with Gasteiger partial charge in [-0.3, -0.25) is 13.7 Å². The van der Waals surface area contributed by atoms with Gasteiger partial charge in [0.1, 0.15) is 5.65 Å². The summed E-state index contributed by atoms with van der Waals surface area (Å²) in [7, 11) is 3.91. The number of piperidine rings is 2. The van der Waals surface area contributed by atoms with Crippen molar-refractivity contribution in [2.24, 2.45) is 5.92 Å². The second-order valence-corrected chi connectivity index (χ2v) is 13.4. The molecular formula is C37H44N6O2S. The van der Waals surface area contributed by atoms with Gasteiger partial charge in [0.2, 0.25) is 5.95 Å². The van der Waals surface area contributed by atoms with Crippen molar-refractivity contribution in [3.63, 3.8) is 0 Å². The summed E-state index contributed by atoms with van der Waals surface area (Å²) in [6.07, 6.45) is 9.25. The number of likely N-dealkylation sites (N-methyl/N-ethyl adjacent to an activating group) is 1. The van der Waals surface area contributed by atoms with Crippen LogP contribution in [0.1, 0.15) is 53.9 Å². The predicted octanol–water partition coefficient (Wildman–Crippen LogP) is 5.92. The second kappa shape index (κ2) is 15.3. The van der Waals surface area contributed by atoms with Crippen LogP contribution in [-0.2, 0) is 17.7 Å². The average molecular weight is 637 g/mol. The molecule has 1 unspecified atom stereocenters. The number of likely N-dealkylation sites (tertiary alicyclic amines) is 1. The van der Waals surface area contributed by atoms with Crippen molar-refractivity contribution in [3.8, 4) is 11.8 Å². The zero-order valence-electron chi connectivity index (χ0n) is 27.2. The molecule has 1 atom stereocenters. The Kier molecular flexibility index (Phi) is 10.7. The van der Waals surface area contributed by atoms with E-state index in [4.69, 9.17) is 9.72 Å². The first-order chi connectivity index (χ1) is 22.5. The Bertz CT molecular complexity index is 1740. The molecule has 2 aromatic heterocycles. The topological polar surface area (TPSA) is 75.5 Å². The summed E-state index contributed by atoms with van der Waals surface area (Å²) in [5.74, 6) is 7.99. The van der Waals surface area contributed by atoms with Crippen LogP contribution in [0, 0.1) is 17.8 Å². The fourth-order valence-corrected chi connectivity index (χ4v) is 7.01. The molecule has 4 aromatic rings. The van der Waals surface area contributed by atoms with Gasteiger partial charge in [0, 0.05) is 49.9 Å². The number of nitrogens with one attached hydrogen (secondary N) is 1. The lowest BCUT2D eigenvalue weighted by atomic mass is 9.91. The number of nitrogens with zero attached hydrogens (tertiary/aromatic N) is 5. The maximum Gasteiger partial charge on any atom is 0.268 e. The number of methoxy groups -OCH3 is 1. The van der Waals surface area contributed by atoms with Gasteiger partial charge < -0.3 is 15.0 Å². The van der Waals surface area contributed by atoms with E-state index < -0.39 is 0 Å². The molecule has 0 aliphatic carbocycles. The van der Waals surface area contributed by atoms with E-state index in [0.29, 0.717) is 42.1 Å². The molecule has 0 amide bonds. The molecule has 2 fully saturated rings. The summed E-state index contributed by atoms with van der Waals surface area (Å²) >= 11 is 1.79. The van der Waals surface area contributed by atoms with Gasteiger partial charge in [0.15, 0.2) is 0 Å². The molecule has 2 aliphatic heterocycles. The minimum absolute atomic E-state index is 0.128. The molecule has 240 valence electrons. The summed E-state index contributed by atoms with van der Waals surface area (Å²) in [5, 5.41) is 4.16. The molecule has 0 saturated carbocycles. The van der Waals surface area contributed by atoms with Crippen molar-refractivity contribution >= 4 is 34.6 Å². The van der Waals surface area contributed by atoms with E-state index in [1.807, 2.05) is 6.07 Å². The molecule has 0 radical (unpaired) electrons. The van der Waals surface area contributed by atoms with Crippen molar-refractivity contribution in [3.05, 3.63) is 93.4 Å². The van der Waals surface area contributed by atoms with E-state index in [0.717, 1.165) is 55.5 Å². The highest BCUT2D eigenvalue weighted by Gasteiger charge is 2.19. The number of ether oxygens (including phenoxy) is 1. The molecule has 6 rings (SSSR count). The number of rotatable bonds is 9. The van der Waals surface area contributed by atoms with E-state index in [2.05, 4.69) is 93.2 Å². The smallest absolute Gasteiger partial charge is 0.268 e. The number of pyridine rings is 1. The quantitative estimate of drug-likeness (QED) is 0.179. The number of aromatic nitrogens is 3. The minimum Gasteiger partial charge on any atom is -0.384 e. The zero-order valence-corrected chi connectivity index (χ0v) is 28.0. The van der Waals surface area contributed by atoms with E-state index >= 15 is 0 Å². The highest BCUT2D eigenvalue weighted by atomic mass is 32.2. The highest BCUT2D eigenvalue weighted by molar-refractivity contribution is 7.96. The monoisotopic (exact) mass is 636 g/mol. The third-order valence-electron chi connectivity index (χ3n) is 9.17. The molecule has 4 heterocycles. The normalized spacial score (nSPS) is 17.9. The lowest BCUT2D eigenvalue weighted by Crippen LogP contribution is -2.30.